The van der Waals surface area contributed by atoms with Crippen LogP contribution < -0.4 is 0 Å². The molecule has 1 fully saturated rings. The van der Waals surface area contributed by atoms with Gasteiger partial charge in [0, 0.05) is 26.3 Å². The largest absolute Gasteiger partial charge is 0.387 e. The highest BCUT2D eigenvalue weighted by Crippen LogP contribution is 2.41. The highest BCUT2D eigenvalue weighted by molar-refractivity contribution is 5.07. The second kappa shape index (κ2) is 4.55. The summed E-state index contributed by atoms with van der Waals surface area (Å²) in [6.45, 7) is 2.82. The Kier molecular flexibility index (Phi) is 3.30. The maximum absolute atomic E-state index is 10.2. The molecule has 0 spiro atoms. The molecular weight excluding hydrogens is 204 g/mol. The van der Waals surface area contributed by atoms with Crippen LogP contribution in [0.25, 0.3) is 0 Å². The van der Waals surface area contributed by atoms with Gasteiger partial charge < -0.3 is 9.84 Å². The van der Waals surface area contributed by atoms with Gasteiger partial charge in [0.25, 0.3) is 0 Å². The van der Waals surface area contributed by atoms with Crippen molar-refractivity contribution in [1.82, 2.24) is 9.78 Å². The van der Waals surface area contributed by atoms with Crippen LogP contribution in [0.15, 0.2) is 12.3 Å². The van der Waals surface area contributed by atoms with Crippen LogP contribution >= 0.6 is 0 Å². The van der Waals surface area contributed by atoms with Crippen molar-refractivity contribution in [2.24, 2.45) is 0 Å². The third-order valence-electron chi connectivity index (χ3n) is 3.65. The van der Waals surface area contributed by atoms with E-state index < -0.39 is 6.10 Å². The number of hydrogen-bond acceptors (Lipinski definition) is 3. The third kappa shape index (κ3) is 1.99. The summed E-state index contributed by atoms with van der Waals surface area (Å²) < 4.78 is 7.37. The van der Waals surface area contributed by atoms with Gasteiger partial charge in [-0.3, -0.25) is 4.68 Å². The van der Waals surface area contributed by atoms with Gasteiger partial charge in [0.2, 0.25) is 0 Å². The molecule has 2 rings (SSSR count). The van der Waals surface area contributed by atoms with E-state index in [1.165, 1.54) is 6.42 Å². The summed E-state index contributed by atoms with van der Waals surface area (Å²) in [7, 11) is 1.74. The van der Waals surface area contributed by atoms with E-state index in [1.54, 1.807) is 13.3 Å². The maximum Gasteiger partial charge on any atom is 0.0984 e. The van der Waals surface area contributed by atoms with Gasteiger partial charge in [-0.05, 0) is 32.3 Å². The minimum atomic E-state index is -0.470. The minimum absolute atomic E-state index is 0.0950. The van der Waals surface area contributed by atoms with Crippen LogP contribution in [0, 0.1) is 0 Å². The topological polar surface area (TPSA) is 47.3 Å². The summed E-state index contributed by atoms with van der Waals surface area (Å²) in [4.78, 5) is 0. The minimum Gasteiger partial charge on any atom is -0.387 e. The van der Waals surface area contributed by atoms with Crippen LogP contribution in [0.5, 0.6) is 0 Å². The molecule has 1 N–H and O–H groups in total. The van der Waals surface area contributed by atoms with Crippen molar-refractivity contribution in [3.8, 4) is 0 Å². The predicted octanol–water partition coefficient (Wildman–Crippen LogP) is 1.90. The first-order valence-corrected chi connectivity index (χ1v) is 5.96. The fourth-order valence-corrected chi connectivity index (χ4v) is 2.41. The summed E-state index contributed by atoms with van der Waals surface area (Å²) in [5, 5.41) is 14.4. The van der Waals surface area contributed by atoms with E-state index in [0.29, 0.717) is 6.42 Å². The number of rotatable bonds is 5. The third-order valence-corrected chi connectivity index (χ3v) is 3.65. The number of methoxy groups -OCH3 is 1. The molecule has 1 saturated carbocycles. The van der Waals surface area contributed by atoms with Crippen molar-refractivity contribution in [2.45, 2.75) is 50.9 Å². The van der Waals surface area contributed by atoms with E-state index in [9.17, 15) is 5.11 Å². The van der Waals surface area contributed by atoms with Crippen molar-refractivity contribution in [2.75, 3.05) is 7.11 Å². The van der Waals surface area contributed by atoms with Crippen LogP contribution in [-0.4, -0.2) is 27.6 Å². The molecule has 0 saturated heterocycles. The van der Waals surface area contributed by atoms with Crippen LogP contribution in [0.1, 0.15) is 44.4 Å². The molecule has 0 bridgehead atoms. The Hall–Kier alpha value is -0.870. The van der Waals surface area contributed by atoms with Crippen LogP contribution in [-0.2, 0) is 11.3 Å². The molecule has 1 unspecified atom stereocenters. The summed E-state index contributed by atoms with van der Waals surface area (Å²) >= 11 is 0. The van der Waals surface area contributed by atoms with Crippen molar-refractivity contribution in [3.05, 3.63) is 18.0 Å². The number of ether oxygens (including phenoxy) is 1. The average molecular weight is 224 g/mol. The zero-order valence-electron chi connectivity index (χ0n) is 10.0. The number of aromatic nitrogens is 2. The average Bonchev–Trinajstić information content (AvgIpc) is 2.71. The molecule has 16 heavy (non-hydrogen) atoms. The molecule has 1 aliphatic rings. The lowest BCUT2D eigenvalue weighted by Gasteiger charge is -2.41. The first kappa shape index (κ1) is 11.6. The summed E-state index contributed by atoms with van der Waals surface area (Å²) in [6.07, 6.45) is 5.26. The van der Waals surface area contributed by atoms with E-state index >= 15 is 0 Å². The highest BCUT2D eigenvalue weighted by atomic mass is 16.5. The lowest BCUT2D eigenvalue weighted by atomic mass is 9.76. The molecule has 1 aliphatic carbocycles. The van der Waals surface area contributed by atoms with Crippen molar-refractivity contribution >= 4 is 0 Å². The zero-order chi connectivity index (χ0) is 11.6. The lowest BCUT2D eigenvalue weighted by Crippen LogP contribution is -2.40. The van der Waals surface area contributed by atoms with Crippen LogP contribution in [0.3, 0.4) is 0 Å². The predicted molar refractivity (Wildman–Crippen MR) is 61.1 cm³/mol. The molecule has 0 amide bonds. The van der Waals surface area contributed by atoms with E-state index in [1.807, 2.05) is 17.7 Å². The molecule has 1 atom stereocenters. The molecule has 4 heteroatoms. The van der Waals surface area contributed by atoms with E-state index in [0.717, 1.165) is 25.1 Å². The Labute approximate surface area is 96.2 Å². The molecule has 1 heterocycles. The summed E-state index contributed by atoms with van der Waals surface area (Å²) in [5.41, 5.74) is 0.799. The Morgan fingerprint density at radius 1 is 1.62 bits per heavy atom. The van der Waals surface area contributed by atoms with E-state index in [-0.39, 0.29) is 5.60 Å². The quantitative estimate of drug-likeness (QED) is 0.831. The fraction of sp³-hybridized carbons (Fsp3) is 0.750. The van der Waals surface area contributed by atoms with Crippen molar-refractivity contribution in [1.29, 1.82) is 0 Å². The van der Waals surface area contributed by atoms with Gasteiger partial charge in [-0.25, -0.2) is 0 Å². The molecule has 1 aromatic heterocycles. The van der Waals surface area contributed by atoms with Gasteiger partial charge >= 0.3 is 0 Å². The standard InChI is InChI=1S/C12H20N2O2/c1-3-14-10(5-8-13-14)11(15)9-12(16-2)6-4-7-12/h5,8,11,15H,3-4,6-7,9H2,1-2H3. The van der Waals surface area contributed by atoms with Gasteiger partial charge in [0.1, 0.15) is 0 Å². The Morgan fingerprint density at radius 2 is 2.38 bits per heavy atom. The van der Waals surface area contributed by atoms with E-state index in [4.69, 9.17) is 4.74 Å². The Morgan fingerprint density at radius 3 is 2.88 bits per heavy atom. The van der Waals surface area contributed by atoms with Gasteiger partial charge in [-0.1, -0.05) is 0 Å². The Bertz CT molecular complexity index is 339. The molecule has 0 radical (unpaired) electrons. The molecule has 90 valence electrons. The van der Waals surface area contributed by atoms with Crippen molar-refractivity contribution in [3.63, 3.8) is 0 Å². The normalized spacial score (nSPS) is 20.4. The number of aryl methyl sites for hydroxylation is 1. The van der Waals surface area contributed by atoms with Gasteiger partial charge in [0.05, 0.1) is 17.4 Å². The zero-order valence-corrected chi connectivity index (χ0v) is 10.0. The van der Waals surface area contributed by atoms with Gasteiger partial charge in [-0.15, -0.1) is 0 Å². The lowest BCUT2D eigenvalue weighted by molar-refractivity contribution is -0.101. The molecule has 4 nitrogen and oxygen atoms in total. The molecule has 0 aliphatic heterocycles. The van der Waals surface area contributed by atoms with Crippen molar-refractivity contribution < 1.29 is 9.84 Å². The molecular formula is C12H20N2O2. The molecule has 1 aromatic rings. The summed E-state index contributed by atoms with van der Waals surface area (Å²) in [5.74, 6) is 0. The summed E-state index contributed by atoms with van der Waals surface area (Å²) in [6, 6.07) is 1.89. The number of hydrogen-bond donors (Lipinski definition) is 1. The monoisotopic (exact) mass is 224 g/mol. The first-order valence-electron chi connectivity index (χ1n) is 5.96. The highest BCUT2D eigenvalue weighted by Gasteiger charge is 2.39. The van der Waals surface area contributed by atoms with Crippen LogP contribution in [0.4, 0.5) is 0 Å². The second-order valence-corrected chi connectivity index (χ2v) is 4.53. The number of aliphatic hydroxyl groups is 1. The smallest absolute Gasteiger partial charge is 0.0984 e. The second-order valence-electron chi connectivity index (χ2n) is 4.53. The van der Waals surface area contributed by atoms with E-state index in [2.05, 4.69) is 5.10 Å². The number of aliphatic hydroxyl groups excluding tert-OH is 1. The molecule has 0 aromatic carbocycles. The van der Waals surface area contributed by atoms with Gasteiger partial charge in [0.15, 0.2) is 0 Å². The SMILES string of the molecule is CCn1nccc1C(O)CC1(OC)CCC1. The van der Waals surface area contributed by atoms with Gasteiger partial charge in [-0.2, -0.15) is 5.10 Å². The Balaban J connectivity index is 2.05. The first-order chi connectivity index (χ1) is 7.71. The number of nitrogens with zero attached hydrogens (tertiary/aromatic N) is 2. The van der Waals surface area contributed by atoms with Crippen LogP contribution in [0.2, 0.25) is 0 Å². The fourth-order valence-electron chi connectivity index (χ4n) is 2.41. The maximum atomic E-state index is 10.2.